The van der Waals surface area contributed by atoms with Crippen molar-refractivity contribution >= 4 is 32.6 Å². The summed E-state index contributed by atoms with van der Waals surface area (Å²) in [5, 5.41) is 4.80. The van der Waals surface area contributed by atoms with Crippen LogP contribution < -0.4 is 16.4 Å². The van der Waals surface area contributed by atoms with Gasteiger partial charge in [0.2, 0.25) is 10.0 Å². The molecule has 2 N–H and O–H groups in total. The van der Waals surface area contributed by atoms with Gasteiger partial charge in [0.15, 0.2) is 5.69 Å². The molecule has 10 nitrogen and oxygen atoms in total. The molecular weight excluding hydrogens is 422 g/mol. The number of benzene rings is 2. The van der Waals surface area contributed by atoms with Crippen LogP contribution in [0.4, 0.5) is 0 Å². The average Bonchev–Trinajstić information content (AvgIpc) is 2.77. The standard InChI is InChI=1S/C20H21N5O5S/c1-4-25-20(28)16-8-6-5-7-15(16)17(23-25)19(27)22-21-18(26)13-9-11-14(12-10-13)31(29,30)24(2)3/h5-12H,4H2,1-3H3,(H,21,26)(H,22,27). The van der Waals surface area contributed by atoms with Crippen molar-refractivity contribution in [3.8, 4) is 0 Å². The minimum Gasteiger partial charge on any atom is -0.267 e. The molecule has 0 aliphatic rings. The highest BCUT2D eigenvalue weighted by atomic mass is 32.2. The Hall–Kier alpha value is -3.57. The minimum absolute atomic E-state index is 0.00947. The molecule has 3 rings (SSSR count). The van der Waals surface area contributed by atoms with E-state index >= 15 is 0 Å². The summed E-state index contributed by atoms with van der Waals surface area (Å²) in [6.07, 6.45) is 0. The van der Waals surface area contributed by atoms with Gasteiger partial charge < -0.3 is 0 Å². The number of nitrogens with one attached hydrogen (secondary N) is 2. The molecule has 1 heterocycles. The van der Waals surface area contributed by atoms with E-state index in [2.05, 4.69) is 16.0 Å². The van der Waals surface area contributed by atoms with Crippen LogP contribution in [0.25, 0.3) is 10.8 Å². The van der Waals surface area contributed by atoms with Crippen molar-refractivity contribution in [1.29, 1.82) is 0 Å². The second kappa shape index (κ2) is 8.66. The quantitative estimate of drug-likeness (QED) is 0.560. The normalized spacial score (nSPS) is 11.5. The fourth-order valence-electron chi connectivity index (χ4n) is 2.85. The van der Waals surface area contributed by atoms with E-state index in [0.29, 0.717) is 10.8 Å². The minimum atomic E-state index is -3.62. The number of carbonyl (C=O) groups is 2. The van der Waals surface area contributed by atoms with E-state index in [9.17, 15) is 22.8 Å². The maximum absolute atomic E-state index is 12.6. The Labute approximate surface area is 178 Å². The molecule has 0 spiro atoms. The topological polar surface area (TPSA) is 130 Å². The molecule has 0 aliphatic carbocycles. The number of sulfonamides is 1. The Morgan fingerprint density at radius 1 is 0.968 bits per heavy atom. The van der Waals surface area contributed by atoms with E-state index < -0.39 is 21.8 Å². The molecule has 31 heavy (non-hydrogen) atoms. The summed E-state index contributed by atoms with van der Waals surface area (Å²) in [4.78, 5) is 37.4. The van der Waals surface area contributed by atoms with Gasteiger partial charge in [-0.25, -0.2) is 17.4 Å². The van der Waals surface area contributed by atoms with Gasteiger partial charge in [0.25, 0.3) is 17.4 Å². The lowest BCUT2D eigenvalue weighted by atomic mass is 10.1. The maximum atomic E-state index is 12.6. The number of hydrogen-bond donors (Lipinski definition) is 2. The number of hydrazine groups is 1. The number of hydrogen-bond acceptors (Lipinski definition) is 6. The fraction of sp³-hybridized carbons (Fsp3) is 0.200. The lowest BCUT2D eigenvalue weighted by Gasteiger charge is -2.12. The Morgan fingerprint density at radius 2 is 1.55 bits per heavy atom. The van der Waals surface area contributed by atoms with Crippen molar-refractivity contribution in [2.24, 2.45) is 0 Å². The van der Waals surface area contributed by atoms with E-state index in [1.54, 1.807) is 31.2 Å². The number of rotatable bonds is 5. The fourth-order valence-corrected chi connectivity index (χ4v) is 3.75. The second-order valence-electron chi connectivity index (χ2n) is 6.74. The summed E-state index contributed by atoms with van der Waals surface area (Å²) in [7, 11) is -0.801. The van der Waals surface area contributed by atoms with Gasteiger partial charge in [-0.1, -0.05) is 18.2 Å². The van der Waals surface area contributed by atoms with E-state index in [-0.39, 0.29) is 28.3 Å². The van der Waals surface area contributed by atoms with Crippen molar-refractivity contribution in [2.45, 2.75) is 18.4 Å². The Bertz CT molecular complexity index is 1310. The van der Waals surface area contributed by atoms with Crippen LogP contribution >= 0.6 is 0 Å². The summed E-state index contributed by atoms with van der Waals surface area (Å²) in [6, 6.07) is 11.8. The van der Waals surface area contributed by atoms with Gasteiger partial charge >= 0.3 is 0 Å². The number of amides is 2. The zero-order valence-corrected chi connectivity index (χ0v) is 17.9. The van der Waals surface area contributed by atoms with E-state index in [4.69, 9.17) is 0 Å². The summed E-state index contributed by atoms with van der Waals surface area (Å²) in [5.41, 5.74) is 4.37. The van der Waals surface area contributed by atoms with Crippen LogP contribution in [0.3, 0.4) is 0 Å². The first kappa shape index (κ1) is 22.1. The van der Waals surface area contributed by atoms with Gasteiger partial charge in [0, 0.05) is 31.6 Å². The molecule has 11 heteroatoms. The third-order valence-corrected chi connectivity index (χ3v) is 6.40. The van der Waals surface area contributed by atoms with Gasteiger partial charge in [0.05, 0.1) is 10.3 Å². The van der Waals surface area contributed by atoms with Crippen molar-refractivity contribution < 1.29 is 18.0 Å². The van der Waals surface area contributed by atoms with Gasteiger partial charge in [-0.15, -0.1) is 0 Å². The van der Waals surface area contributed by atoms with Gasteiger partial charge in [-0.2, -0.15) is 5.10 Å². The predicted molar refractivity (Wildman–Crippen MR) is 114 cm³/mol. The Balaban J connectivity index is 1.79. The number of carbonyl (C=O) groups excluding carboxylic acids is 2. The lowest BCUT2D eigenvalue weighted by molar-refractivity contribution is 0.0843. The number of aryl methyl sites for hydroxylation is 1. The highest BCUT2D eigenvalue weighted by molar-refractivity contribution is 7.89. The molecule has 1 aromatic heterocycles. The van der Waals surface area contributed by atoms with Gasteiger partial charge in [0.1, 0.15) is 0 Å². The largest absolute Gasteiger partial charge is 0.290 e. The summed E-state index contributed by atoms with van der Waals surface area (Å²) in [6.45, 7) is 2.01. The molecule has 0 atom stereocenters. The third-order valence-electron chi connectivity index (χ3n) is 4.57. The smallest absolute Gasteiger partial charge is 0.267 e. The van der Waals surface area contributed by atoms with Crippen molar-refractivity contribution in [2.75, 3.05) is 14.1 Å². The van der Waals surface area contributed by atoms with E-state index in [0.717, 1.165) is 4.31 Å². The summed E-state index contributed by atoms with van der Waals surface area (Å²) in [5.74, 6) is -1.34. The number of fused-ring (bicyclic) bond motifs is 1. The predicted octanol–water partition coefficient (Wildman–Crippen LogP) is 0.742. The van der Waals surface area contributed by atoms with Crippen LogP contribution in [0.15, 0.2) is 58.2 Å². The highest BCUT2D eigenvalue weighted by Gasteiger charge is 2.19. The van der Waals surface area contributed by atoms with Crippen molar-refractivity contribution in [3.05, 3.63) is 70.1 Å². The van der Waals surface area contributed by atoms with Crippen LogP contribution in [0.2, 0.25) is 0 Å². The molecular formula is C20H21N5O5S. The second-order valence-corrected chi connectivity index (χ2v) is 8.89. The molecule has 0 saturated heterocycles. The first-order valence-electron chi connectivity index (χ1n) is 9.30. The van der Waals surface area contributed by atoms with Crippen LogP contribution in [0, 0.1) is 0 Å². The molecule has 3 aromatic rings. The van der Waals surface area contributed by atoms with Crippen LogP contribution in [-0.2, 0) is 16.6 Å². The van der Waals surface area contributed by atoms with Crippen LogP contribution in [0.5, 0.6) is 0 Å². The SMILES string of the molecule is CCn1nc(C(=O)NNC(=O)c2ccc(S(=O)(=O)N(C)C)cc2)c2ccccc2c1=O. The molecule has 2 amide bonds. The van der Waals surface area contributed by atoms with Gasteiger partial charge in [-0.05, 0) is 37.3 Å². The molecule has 162 valence electrons. The first-order chi connectivity index (χ1) is 14.7. The van der Waals surface area contributed by atoms with E-state index in [1.165, 1.54) is 43.0 Å². The van der Waals surface area contributed by atoms with E-state index in [1.807, 2.05) is 0 Å². The van der Waals surface area contributed by atoms with Crippen molar-refractivity contribution in [1.82, 2.24) is 24.9 Å². The molecule has 0 saturated carbocycles. The molecule has 0 bridgehead atoms. The Kier molecular flexibility index (Phi) is 6.18. The molecule has 0 fully saturated rings. The molecule has 0 aliphatic heterocycles. The number of nitrogens with zero attached hydrogens (tertiary/aromatic N) is 3. The lowest BCUT2D eigenvalue weighted by Crippen LogP contribution is -2.42. The highest BCUT2D eigenvalue weighted by Crippen LogP contribution is 2.15. The summed E-state index contributed by atoms with van der Waals surface area (Å²) < 4.78 is 26.4. The van der Waals surface area contributed by atoms with Gasteiger partial charge in [-0.3, -0.25) is 25.2 Å². The molecule has 0 unspecified atom stereocenters. The summed E-state index contributed by atoms with van der Waals surface area (Å²) >= 11 is 0. The molecule has 2 aromatic carbocycles. The molecule has 0 radical (unpaired) electrons. The van der Waals surface area contributed by atoms with Crippen LogP contribution in [-0.4, -0.2) is 48.4 Å². The zero-order chi connectivity index (χ0) is 22.8. The monoisotopic (exact) mass is 443 g/mol. The maximum Gasteiger partial charge on any atom is 0.290 e. The third kappa shape index (κ3) is 4.32. The average molecular weight is 443 g/mol. The number of aromatic nitrogens is 2. The van der Waals surface area contributed by atoms with Crippen molar-refractivity contribution in [3.63, 3.8) is 0 Å². The zero-order valence-electron chi connectivity index (χ0n) is 17.1. The Morgan fingerprint density at radius 3 is 2.13 bits per heavy atom. The van der Waals surface area contributed by atoms with Crippen LogP contribution in [0.1, 0.15) is 27.8 Å². The first-order valence-corrected chi connectivity index (χ1v) is 10.7.